The van der Waals surface area contributed by atoms with E-state index in [4.69, 9.17) is 0 Å². The van der Waals surface area contributed by atoms with Gasteiger partial charge in [0.05, 0.1) is 0 Å². The van der Waals surface area contributed by atoms with Crippen LogP contribution >= 0.6 is 0 Å². The molecule has 0 aromatic carbocycles. The van der Waals surface area contributed by atoms with Crippen molar-refractivity contribution in [1.82, 2.24) is 0 Å². The molecular formula is C9H14. The van der Waals surface area contributed by atoms with Crippen LogP contribution in [0.3, 0.4) is 0 Å². The topological polar surface area (TPSA) is 0 Å². The second-order valence-electron chi connectivity index (χ2n) is 3.67. The van der Waals surface area contributed by atoms with Crippen LogP contribution in [0.5, 0.6) is 0 Å². The van der Waals surface area contributed by atoms with Crippen LogP contribution < -0.4 is 0 Å². The molecule has 0 aromatic heterocycles. The molecule has 0 nitrogen and oxygen atoms in total. The normalized spacial score (nSPS) is 54.9. The third kappa shape index (κ3) is 0.726. The maximum Gasteiger partial charge on any atom is -0.0231 e. The molecule has 2 unspecified atom stereocenters. The number of rotatable bonds is 0. The first-order valence-corrected chi connectivity index (χ1v) is 3.97. The average Bonchev–Trinajstić information content (AvgIpc) is 2.57. The molecule has 0 amide bonds. The summed E-state index contributed by atoms with van der Waals surface area (Å²) in [5.74, 6) is 3.88. The fraction of sp³-hybridized carbons (Fsp3) is 0.778. The number of hydrogen-bond acceptors (Lipinski definition) is 0. The van der Waals surface area contributed by atoms with Crippen LogP contribution in [-0.2, 0) is 0 Å². The van der Waals surface area contributed by atoms with Gasteiger partial charge in [-0.25, -0.2) is 0 Å². The largest absolute Gasteiger partial charge is 0.0851 e. The molecule has 0 bridgehead atoms. The summed E-state index contributed by atoms with van der Waals surface area (Å²) in [5, 5.41) is 0. The molecule has 50 valence electrons. The van der Waals surface area contributed by atoms with E-state index in [0.717, 1.165) is 23.7 Å². The zero-order valence-corrected chi connectivity index (χ0v) is 6.17. The molecule has 2 rings (SSSR count). The van der Waals surface area contributed by atoms with Crippen molar-refractivity contribution in [1.29, 1.82) is 0 Å². The Balaban J connectivity index is 2.15. The summed E-state index contributed by atoms with van der Waals surface area (Å²) in [6, 6.07) is 0. The molecular weight excluding hydrogens is 108 g/mol. The lowest BCUT2D eigenvalue weighted by molar-refractivity contribution is 0.473. The first-order chi connectivity index (χ1) is 4.29. The zero-order chi connectivity index (χ0) is 6.43. The van der Waals surface area contributed by atoms with Gasteiger partial charge in [0, 0.05) is 0 Å². The molecule has 2 aliphatic carbocycles. The predicted octanol–water partition coefficient (Wildman–Crippen LogP) is 2.46. The molecule has 0 spiro atoms. The maximum atomic E-state index is 2.39. The van der Waals surface area contributed by atoms with Gasteiger partial charge in [0.15, 0.2) is 0 Å². The monoisotopic (exact) mass is 122 g/mol. The van der Waals surface area contributed by atoms with Gasteiger partial charge in [-0.1, -0.05) is 26.0 Å². The molecule has 0 heterocycles. The standard InChI is InChI=1S/C9H14/c1-6-3-4-7(2)9-5-8(6)9/h3-4,6-9H,5H2,1-2H3/t6-,7+,8?,9?. The predicted molar refractivity (Wildman–Crippen MR) is 39.1 cm³/mol. The quantitative estimate of drug-likeness (QED) is 0.433. The second kappa shape index (κ2) is 1.62. The number of hydrogen-bond donors (Lipinski definition) is 0. The molecule has 0 heteroatoms. The fourth-order valence-electron chi connectivity index (χ4n) is 2.08. The Kier molecular flexibility index (Phi) is 0.992. The first-order valence-electron chi connectivity index (χ1n) is 3.97. The van der Waals surface area contributed by atoms with Crippen LogP contribution in [0.2, 0.25) is 0 Å². The Morgan fingerprint density at radius 2 is 1.44 bits per heavy atom. The van der Waals surface area contributed by atoms with Gasteiger partial charge in [-0.2, -0.15) is 0 Å². The average molecular weight is 122 g/mol. The summed E-state index contributed by atoms with van der Waals surface area (Å²) < 4.78 is 0. The Morgan fingerprint density at radius 3 is 1.89 bits per heavy atom. The van der Waals surface area contributed by atoms with E-state index in [1.807, 2.05) is 0 Å². The minimum absolute atomic E-state index is 0.881. The third-order valence-electron chi connectivity index (χ3n) is 2.96. The molecule has 1 saturated carbocycles. The van der Waals surface area contributed by atoms with E-state index in [1.54, 1.807) is 0 Å². The maximum absolute atomic E-state index is 2.39. The first kappa shape index (κ1) is 5.52. The van der Waals surface area contributed by atoms with Crippen LogP contribution in [0.4, 0.5) is 0 Å². The molecule has 0 aliphatic heterocycles. The molecule has 0 radical (unpaired) electrons. The van der Waals surface area contributed by atoms with Gasteiger partial charge in [-0.3, -0.25) is 0 Å². The molecule has 4 atom stereocenters. The van der Waals surface area contributed by atoms with E-state index in [1.165, 1.54) is 6.42 Å². The summed E-state index contributed by atoms with van der Waals surface area (Å²) in [6.07, 6.45) is 6.27. The van der Waals surface area contributed by atoms with E-state index in [2.05, 4.69) is 26.0 Å². The van der Waals surface area contributed by atoms with Crippen molar-refractivity contribution in [2.24, 2.45) is 23.7 Å². The van der Waals surface area contributed by atoms with Crippen LogP contribution in [0, 0.1) is 23.7 Å². The minimum atomic E-state index is 0.881. The van der Waals surface area contributed by atoms with Crippen molar-refractivity contribution in [2.45, 2.75) is 20.3 Å². The molecule has 9 heavy (non-hydrogen) atoms. The highest BCUT2D eigenvalue weighted by Crippen LogP contribution is 2.52. The summed E-state index contributed by atoms with van der Waals surface area (Å²) in [7, 11) is 0. The molecule has 2 aliphatic rings. The smallest absolute Gasteiger partial charge is 0.0231 e. The minimum Gasteiger partial charge on any atom is -0.0851 e. The van der Waals surface area contributed by atoms with E-state index in [-0.39, 0.29) is 0 Å². The van der Waals surface area contributed by atoms with E-state index < -0.39 is 0 Å². The highest BCUT2D eigenvalue weighted by atomic mass is 14.5. The van der Waals surface area contributed by atoms with Gasteiger partial charge in [0.25, 0.3) is 0 Å². The van der Waals surface area contributed by atoms with Gasteiger partial charge in [-0.15, -0.1) is 0 Å². The Hall–Kier alpha value is -0.260. The van der Waals surface area contributed by atoms with Crippen LogP contribution in [0.15, 0.2) is 12.2 Å². The van der Waals surface area contributed by atoms with Crippen molar-refractivity contribution >= 4 is 0 Å². The Morgan fingerprint density at radius 1 is 1.00 bits per heavy atom. The highest BCUT2D eigenvalue weighted by Gasteiger charge is 2.44. The summed E-state index contributed by atoms with van der Waals surface area (Å²) >= 11 is 0. The molecule has 0 aromatic rings. The van der Waals surface area contributed by atoms with Crippen LogP contribution in [-0.4, -0.2) is 0 Å². The Labute approximate surface area is 57.0 Å². The number of fused-ring (bicyclic) bond motifs is 1. The van der Waals surface area contributed by atoms with E-state index >= 15 is 0 Å². The number of allylic oxidation sites excluding steroid dienone is 2. The third-order valence-corrected chi connectivity index (χ3v) is 2.96. The van der Waals surface area contributed by atoms with Gasteiger partial charge in [0.2, 0.25) is 0 Å². The lowest BCUT2D eigenvalue weighted by Crippen LogP contribution is -2.06. The van der Waals surface area contributed by atoms with Gasteiger partial charge < -0.3 is 0 Å². The summed E-state index contributed by atoms with van der Waals surface area (Å²) in [4.78, 5) is 0. The SMILES string of the molecule is C[C@@H]1C=C[C@H](C)C2CC21. The second-order valence-corrected chi connectivity index (χ2v) is 3.67. The molecule has 1 fully saturated rings. The lowest BCUT2D eigenvalue weighted by Gasteiger charge is -2.14. The molecule has 0 saturated heterocycles. The lowest BCUT2D eigenvalue weighted by atomic mass is 9.91. The van der Waals surface area contributed by atoms with Crippen LogP contribution in [0.25, 0.3) is 0 Å². The van der Waals surface area contributed by atoms with Gasteiger partial charge in [-0.05, 0) is 30.1 Å². The zero-order valence-electron chi connectivity index (χ0n) is 6.17. The van der Waals surface area contributed by atoms with Gasteiger partial charge in [0.1, 0.15) is 0 Å². The van der Waals surface area contributed by atoms with Crippen LogP contribution in [0.1, 0.15) is 20.3 Å². The van der Waals surface area contributed by atoms with Gasteiger partial charge >= 0.3 is 0 Å². The summed E-state index contributed by atoms with van der Waals surface area (Å²) in [6.45, 7) is 4.68. The van der Waals surface area contributed by atoms with Crippen molar-refractivity contribution in [3.63, 3.8) is 0 Å². The van der Waals surface area contributed by atoms with E-state index in [9.17, 15) is 0 Å². The van der Waals surface area contributed by atoms with Crippen molar-refractivity contribution in [3.8, 4) is 0 Å². The molecule has 0 N–H and O–H groups in total. The summed E-state index contributed by atoms with van der Waals surface area (Å²) in [5.41, 5.74) is 0. The fourth-order valence-corrected chi connectivity index (χ4v) is 2.08. The van der Waals surface area contributed by atoms with Crippen molar-refractivity contribution < 1.29 is 0 Å². The van der Waals surface area contributed by atoms with Crippen molar-refractivity contribution in [2.75, 3.05) is 0 Å². The van der Waals surface area contributed by atoms with E-state index in [0.29, 0.717) is 0 Å². The highest BCUT2D eigenvalue weighted by molar-refractivity contribution is 5.10. The van der Waals surface area contributed by atoms with Crippen molar-refractivity contribution in [3.05, 3.63) is 12.2 Å². The Bertz CT molecular complexity index is 130.